The minimum absolute atomic E-state index is 0.491. The van der Waals surface area contributed by atoms with E-state index in [9.17, 15) is 5.11 Å². The van der Waals surface area contributed by atoms with Gasteiger partial charge in [0.15, 0.2) is 0 Å². The highest BCUT2D eigenvalue weighted by Gasteiger charge is 2.27. The SMILES string of the molecule is COc1cccc(CC(C)(O)c2ccccc2OC)c1. The third kappa shape index (κ3) is 3.11. The van der Waals surface area contributed by atoms with Crippen LogP contribution in [-0.4, -0.2) is 19.3 Å². The topological polar surface area (TPSA) is 38.7 Å². The summed E-state index contributed by atoms with van der Waals surface area (Å²) in [5.74, 6) is 1.48. The number of ether oxygens (including phenoxy) is 2. The molecule has 0 aliphatic rings. The average molecular weight is 272 g/mol. The molecule has 0 aliphatic carbocycles. The third-order valence-corrected chi connectivity index (χ3v) is 3.37. The summed E-state index contributed by atoms with van der Waals surface area (Å²) in [7, 11) is 3.25. The molecular formula is C17H20O3. The van der Waals surface area contributed by atoms with Gasteiger partial charge in [-0.2, -0.15) is 0 Å². The molecular weight excluding hydrogens is 252 g/mol. The molecule has 0 fully saturated rings. The molecule has 2 rings (SSSR count). The Kier molecular flexibility index (Phi) is 4.30. The molecule has 0 spiro atoms. The average Bonchev–Trinajstić information content (AvgIpc) is 2.47. The third-order valence-electron chi connectivity index (χ3n) is 3.37. The molecule has 3 heteroatoms. The lowest BCUT2D eigenvalue weighted by Crippen LogP contribution is -2.25. The Labute approximate surface area is 119 Å². The fourth-order valence-electron chi connectivity index (χ4n) is 2.36. The first-order valence-corrected chi connectivity index (χ1v) is 6.55. The van der Waals surface area contributed by atoms with Gasteiger partial charge in [-0.3, -0.25) is 0 Å². The summed E-state index contributed by atoms with van der Waals surface area (Å²) in [6.07, 6.45) is 0.491. The number of hydrogen-bond acceptors (Lipinski definition) is 3. The summed E-state index contributed by atoms with van der Waals surface area (Å²) < 4.78 is 10.5. The van der Waals surface area contributed by atoms with Gasteiger partial charge in [0.2, 0.25) is 0 Å². The lowest BCUT2D eigenvalue weighted by molar-refractivity contribution is 0.0549. The maximum Gasteiger partial charge on any atom is 0.124 e. The van der Waals surface area contributed by atoms with Crippen molar-refractivity contribution in [3.05, 3.63) is 59.7 Å². The first kappa shape index (κ1) is 14.4. The second kappa shape index (κ2) is 5.97. The number of benzene rings is 2. The predicted molar refractivity (Wildman–Crippen MR) is 79.3 cm³/mol. The van der Waals surface area contributed by atoms with Crippen molar-refractivity contribution in [1.82, 2.24) is 0 Å². The highest BCUT2D eigenvalue weighted by molar-refractivity contribution is 5.39. The van der Waals surface area contributed by atoms with Gasteiger partial charge < -0.3 is 14.6 Å². The van der Waals surface area contributed by atoms with Crippen molar-refractivity contribution < 1.29 is 14.6 Å². The molecule has 2 aromatic carbocycles. The van der Waals surface area contributed by atoms with Crippen LogP contribution in [0.4, 0.5) is 0 Å². The maximum atomic E-state index is 10.8. The summed E-state index contributed by atoms with van der Waals surface area (Å²) in [5, 5.41) is 10.8. The molecule has 0 bridgehead atoms. The molecule has 1 unspecified atom stereocenters. The van der Waals surface area contributed by atoms with Gasteiger partial charge in [-0.15, -0.1) is 0 Å². The van der Waals surface area contributed by atoms with Crippen LogP contribution in [0.5, 0.6) is 11.5 Å². The van der Waals surface area contributed by atoms with Crippen LogP contribution in [0, 0.1) is 0 Å². The van der Waals surface area contributed by atoms with Crippen LogP contribution in [0.2, 0.25) is 0 Å². The van der Waals surface area contributed by atoms with E-state index in [-0.39, 0.29) is 0 Å². The van der Waals surface area contributed by atoms with Crippen molar-refractivity contribution in [2.24, 2.45) is 0 Å². The molecule has 20 heavy (non-hydrogen) atoms. The van der Waals surface area contributed by atoms with Crippen molar-refractivity contribution in [3.63, 3.8) is 0 Å². The first-order valence-electron chi connectivity index (χ1n) is 6.55. The summed E-state index contributed by atoms with van der Waals surface area (Å²) in [6.45, 7) is 1.80. The normalized spacial score (nSPS) is 13.6. The Hall–Kier alpha value is -2.00. The second-order valence-electron chi connectivity index (χ2n) is 5.00. The lowest BCUT2D eigenvalue weighted by atomic mass is 9.88. The van der Waals surface area contributed by atoms with Gasteiger partial charge in [-0.25, -0.2) is 0 Å². The van der Waals surface area contributed by atoms with E-state index >= 15 is 0 Å². The summed E-state index contributed by atoms with van der Waals surface area (Å²) in [6, 6.07) is 15.3. The van der Waals surface area contributed by atoms with Gasteiger partial charge in [0.1, 0.15) is 11.5 Å². The monoisotopic (exact) mass is 272 g/mol. The minimum atomic E-state index is -1.00. The van der Waals surface area contributed by atoms with E-state index in [4.69, 9.17) is 9.47 Å². The van der Waals surface area contributed by atoms with Crippen LogP contribution >= 0.6 is 0 Å². The van der Waals surface area contributed by atoms with E-state index in [0.29, 0.717) is 12.2 Å². The molecule has 2 aromatic rings. The molecule has 0 radical (unpaired) electrons. The number of para-hydroxylation sites is 1. The standard InChI is InChI=1S/C17H20O3/c1-17(18,15-9-4-5-10-16(15)20-3)12-13-7-6-8-14(11-13)19-2/h4-11,18H,12H2,1-3H3. The second-order valence-corrected chi connectivity index (χ2v) is 5.00. The largest absolute Gasteiger partial charge is 0.497 e. The highest BCUT2D eigenvalue weighted by atomic mass is 16.5. The highest BCUT2D eigenvalue weighted by Crippen LogP contribution is 2.32. The zero-order chi connectivity index (χ0) is 14.6. The van der Waals surface area contributed by atoms with E-state index < -0.39 is 5.60 Å². The number of aliphatic hydroxyl groups is 1. The lowest BCUT2D eigenvalue weighted by Gasteiger charge is -2.26. The Bertz CT molecular complexity index is 576. The molecule has 0 aromatic heterocycles. The fraction of sp³-hybridized carbons (Fsp3) is 0.294. The Morgan fingerprint density at radius 1 is 1.00 bits per heavy atom. The van der Waals surface area contributed by atoms with Crippen LogP contribution in [0.15, 0.2) is 48.5 Å². The van der Waals surface area contributed by atoms with Crippen LogP contribution in [0.25, 0.3) is 0 Å². The smallest absolute Gasteiger partial charge is 0.124 e. The molecule has 1 atom stereocenters. The van der Waals surface area contributed by atoms with Crippen LogP contribution in [-0.2, 0) is 12.0 Å². The van der Waals surface area contributed by atoms with Crippen LogP contribution in [0.3, 0.4) is 0 Å². The van der Waals surface area contributed by atoms with Gasteiger partial charge in [-0.1, -0.05) is 30.3 Å². The molecule has 0 amide bonds. The zero-order valence-electron chi connectivity index (χ0n) is 12.1. The van der Waals surface area contributed by atoms with E-state index in [1.807, 2.05) is 48.5 Å². The molecule has 0 heterocycles. The Balaban J connectivity index is 2.30. The number of rotatable bonds is 5. The van der Waals surface area contributed by atoms with Gasteiger partial charge in [0.25, 0.3) is 0 Å². The van der Waals surface area contributed by atoms with Gasteiger partial charge in [0, 0.05) is 12.0 Å². The van der Waals surface area contributed by atoms with Gasteiger partial charge in [0.05, 0.1) is 19.8 Å². The van der Waals surface area contributed by atoms with Crippen molar-refractivity contribution in [3.8, 4) is 11.5 Å². The zero-order valence-corrected chi connectivity index (χ0v) is 12.1. The van der Waals surface area contributed by atoms with Crippen molar-refractivity contribution in [1.29, 1.82) is 0 Å². The van der Waals surface area contributed by atoms with Crippen molar-refractivity contribution >= 4 is 0 Å². The molecule has 106 valence electrons. The number of hydrogen-bond donors (Lipinski definition) is 1. The maximum absolute atomic E-state index is 10.8. The van der Waals surface area contributed by atoms with Gasteiger partial charge in [-0.05, 0) is 30.7 Å². The summed E-state index contributed by atoms with van der Waals surface area (Å²) >= 11 is 0. The molecule has 0 aliphatic heterocycles. The Morgan fingerprint density at radius 2 is 1.75 bits per heavy atom. The quantitative estimate of drug-likeness (QED) is 0.908. The molecule has 0 saturated carbocycles. The molecule has 3 nitrogen and oxygen atoms in total. The predicted octanol–water partition coefficient (Wildman–Crippen LogP) is 3.15. The first-order chi connectivity index (χ1) is 9.56. The summed E-state index contributed by atoms with van der Waals surface area (Å²) in [5.41, 5.74) is 0.796. The van der Waals surface area contributed by atoms with E-state index in [1.165, 1.54) is 0 Å². The van der Waals surface area contributed by atoms with E-state index in [0.717, 1.165) is 16.9 Å². The van der Waals surface area contributed by atoms with Crippen LogP contribution in [0.1, 0.15) is 18.1 Å². The number of methoxy groups -OCH3 is 2. The van der Waals surface area contributed by atoms with Crippen molar-refractivity contribution in [2.75, 3.05) is 14.2 Å². The minimum Gasteiger partial charge on any atom is -0.497 e. The Morgan fingerprint density at radius 3 is 2.45 bits per heavy atom. The molecule has 1 N–H and O–H groups in total. The van der Waals surface area contributed by atoms with Crippen molar-refractivity contribution in [2.45, 2.75) is 18.9 Å². The van der Waals surface area contributed by atoms with Gasteiger partial charge >= 0.3 is 0 Å². The summed E-state index contributed by atoms with van der Waals surface area (Å²) in [4.78, 5) is 0. The molecule has 0 saturated heterocycles. The fourth-order valence-corrected chi connectivity index (χ4v) is 2.36. The van der Waals surface area contributed by atoms with E-state index in [1.54, 1.807) is 21.1 Å². The van der Waals surface area contributed by atoms with E-state index in [2.05, 4.69) is 0 Å². The van der Waals surface area contributed by atoms with Crippen LogP contribution < -0.4 is 9.47 Å².